The van der Waals surface area contributed by atoms with Crippen LogP contribution in [0.4, 0.5) is 5.00 Å². The third kappa shape index (κ3) is 3.77. The predicted molar refractivity (Wildman–Crippen MR) is 86.2 cm³/mol. The zero-order chi connectivity index (χ0) is 16.5. The maximum atomic E-state index is 12.5. The van der Waals surface area contributed by atoms with E-state index in [1.54, 1.807) is 0 Å². The van der Waals surface area contributed by atoms with Gasteiger partial charge in [0.15, 0.2) is 0 Å². The molecule has 1 aliphatic rings. The van der Waals surface area contributed by atoms with Gasteiger partial charge in [-0.2, -0.15) is 0 Å². The van der Waals surface area contributed by atoms with Crippen molar-refractivity contribution in [3.05, 3.63) is 27.1 Å². The van der Waals surface area contributed by atoms with E-state index in [0.717, 1.165) is 11.3 Å². The van der Waals surface area contributed by atoms with Crippen LogP contribution >= 0.6 is 23.1 Å². The van der Waals surface area contributed by atoms with Crippen LogP contribution in [0.2, 0.25) is 0 Å². The van der Waals surface area contributed by atoms with Crippen LogP contribution in [0.15, 0.2) is 12.1 Å². The Bertz CT molecular complexity index is 609. The standard InChI is InChI=1S/C13H17N3O4S2/c1-13(2,3)14-11(17)8-6-21-7-15(8)12(18)9-4-5-10(22-9)16(19)20/h4-5,8H,6-7H2,1-3H3,(H,14,17)/t8-/m1/s1. The van der Waals surface area contributed by atoms with Crippen molar-refractivity contribution < 1.29 is 14.5 Å². The Morgan fingerprint density at radius 1 is 1.41 bits per heavy atom. The molecule has 1 atom stereocenters. The minimum Gasteiger partial charge on any atom is -0.350 e. The maximum Gasteiger partial charge on any atom is 0.324 e. The van der Waals surface area contributed by atoms with E-state index >= 15 is 0 Å². The highest BCUT2D eigenvalue weighted by Gasteiger charge is 2.37. The minimum absolute atomic E-state index is 0.0779. The van der Waals surface area contributed by atoms with Crippen LogP contribution in [0.25, 0.3) is 0 Å². The average molecular weight is 343 g/mol. The summed E-state index contributed by atoms with van der Waals surface area (Å²) < 4.78 is 0. The van der Waals surface area contributed by atoms with Gasteiger partial charge in [0, 0.05) is 17.4 Å². The lowest BCUT2D eigenvalue weighted by molar-refractivity contribution is -0.380. The topological polar surface area (TPSA) is 92.6 Å². The summed E-state index contributed by atoms with van der Waals surface area (Å²) in [6.45, 7) is 5.63. The predicted octanol–water partition coefficient (Wildman–Crippen LogP) is 2.09. The lowest BCUT2D eigenvalue weighted by Crippen LogP contribution is -2.52. The number of rotatable bonds is 3. The smallest absolute Gasteiger partial charge is 0.324 e. The molecule has 120 valence electrons. The summed E-state index contributed by atoms with van der Waals surface area (Å²) in [7, 11) is 0. The van der Waals surface area contributed by atoms with E-state index in [9.17, 15) is 19.7 Å². The second kappa shape index (κ2) is 6.25. The summed E-state index contributed by atoms with van der Waals surface area (Å²) in [4.78, 5) is 36.7. The van der Waals surface area contributed by atoms with Gasteiger partial charge in [0.25, 0.3) is 5.91 Å². The highest BCUT2D eigenvalue weighted by Crippen LogP contribution is 2.29. The molecule has 2 rings (SSSR count). The third-order valence-electron chi connectivity index (χ3n) is 2.93. The maximum absolute atomic E-state index is 12.5. The Morgan fingerprint density at radius 2 is 2.09 bits per heavy atom. The SMILES string of the molecule is CC(C)(C)NC(=O)[C@H]1CSCN1C(=O)c1ccc([N+](=O)[O-])s1. The van der Waals surface area contributed by atoms with Crippen molar-refractivity contribution in [2.45, 2.75) is 32.4 Å². The molecule has 0 saturated carbocycles. The number of nitro groups is 1. The highest BCUT2D eigenvalue weighted by atomic mass is 32.2. The van der Waals surface area contributed by atoms with Gasteiger partial charge in [-0.05, 0) is 26.8 Å². The number of thiophene rings is 1. The van der Waals surface area contributed by atoms with Crippen LogP contribution in [-0.2, 0) is 4.79 Å². The molecule has 7 nitrogen and oxygen atoms in total. The van der Waals surface area contributed by atoms with Crippen LogP contribution < -0.4 is 5.32 Å². The van der Waals surface area contributed by atoms with E-state index in [-0.39, 0.29) is 27.2 Å². The fourth-order valence-corrected chi connectivity index (χ4v) is 3.93. The second-order valence-corrected chi connectivity index (χ2v) is 7.99. The first-order valence-electron chi connectivity index (χ1n) is 6.64. The van der Waals surface area contributed by atoms with Gasteiger partial charge in [-0.15, -0.1) is 11.8 Å². The molecule has 0 bridgehead atoms. The van der Waals surface area contributed by atoms with Gasteiger partial charge >= 0.3 is 5.00 Å². The molecular weight excluding hydrogens is 326 g/mol. The highest BCUT2D eigenvalue weighted by molar-refractivity contribution is 7.99. The van der Waals surface area contributed by atoms with Crippen molar-refractivity contribution in [2.24, 2.45) is 0 Å². The normalized spacial score (nSPS) is 18.3. The Labute approximate surface area is 136 Å². The van der Waals surface area contributed by atoms with Crippen molar-refractivity contribution in [3.8, 4) is 0 Å². The van der Waals surface area contributed by atoms with Crippen molar-refractivity contribution in [1.82, 2.24) is 10.2 Å². The van der Waals surface area contributed by atoms with Gasteiger partial charge in [-0.3, -0.25) is 19.7 Å². The summed E-state index contributed by atoms with van der Waals surface area (Å²) in [5.41, 5.74) is -0.374. The molecule has 9 heteroatoms. The molecule has 1 fully saturated rings. The Balaban J connectivity index is 2.14. The average Bonchev–Trinajstić information content (AvgIpc) is 3.05. The molecule has 0 radical (unpaired) electrons. The monoisotopic (exact) mass is 343 g/mol. The molecule has 1 aromatic rings. The molecule has 22 heavy (non-hydrogen) atoms. The number of nitrogens with one attached hydrogen (secondary N) is 1. The van der Waals surface area contributed by atoms with Crippen LogP contribution in [0.5, 0.6) is 0 Å². The molecular formula is C13H17N3O4S2. The number of hydrogen-bond acceptors (Lipinski definition) is 6. The van der Waals surface area contributed by atoms with Gasteiger partial charge in [-0.25, -0.2) is 0 Å². The quantitative estimate of drug-likeness (QED) is 0.670. The van der Waals surface area contributed by atoms with Gasteiger partial charge < -0.3 is 10.2 Å². The summed E-state index contributed by atoms with van der Waals surface area (Å²) in [5, 5.41) is 13.5. The molecule has 0 aliphatic carbocycles. The van der Waals surface area contributed by atoms with Crippen LogP contribution in [0.3, 0.4) is 0 Å². The summed E-state index contributed by atoms with van der Waals surface area (Å²) in [6, 6.07) is 2.20. The van der Waals surface area contributed by atoms with Gasteiger partial charge in [-0.1, -0.05) is 11.3 Å². The molecule has 0 aromatic carbocycles. The number of amides is 2. The van der Waals surface area contributed by atoms with Crippen LogP contribution in [0.1, 0.15) is 30.4 Å². The van der Waals surface area contributed by atoms with E-state index < -0.39 is 11.0 Å². The molecule has 1 aliphatic heterocycles. The Kier molecular flexibility index (Phi) is 4.76. The van der Waals surface area contributed by atoms with E-state index in [4.69, 9.17) is 0 Å². The van der Waals surface area contributed by atoms with Gasteiger partial charge in [0.2, 0.25) is 5.91 Å². The number of nitrogens with zero attached hydrogens (tertiary/aromatic N) is 2. The Hall–Kier alpha value is -1.61. The number of carbonyl (C=O) groups is 2. The first-order chi connectivity index (χ1) is 10.2. The second-order valence-electron chi connectivity index (χ2n) is 5.92. The lowest BCUT2D eigenvalue weighted by atomic mass is 10.1. The van der Waals surface area contributed by atoms with Crippen LogP contribution in [-0.4, -0.2) is 44.8 Å². The van der Waals surface area contributed by atoms with Crippen molar-refractivity contribution in [2.75, 3.05) is 11.6 Å². The number of hydrogen-bond donors (Lipinski definition) is 1. The van der Waals surface area contributed by atoms with Crippen molar-refractivity contribution in [1.29, 1.82) is 0 Å². The first kappa shape index (κ1) is 16.8. The fourth-order valence-electron chi connectivity index (χ4n) is 2.00. The molecule has 1 aromatic heterocycles. The van der Waals surface area contributed by atoms with Gasteiger partial charge in [0.1, 0.15) is 6.04 Å². The van der Waals surface area contributed by atoms with E-state index in [2.05, 4.69) is 5.32 Å². The molecule has 0 unspecified atom stereocenters. The van der Waals surface area contributed by atoms with Gasteiger partial charge in [0.05, 0.1) is 15.7 Å². The lowest BCUT2D eigenvalue weighted by Gasteiger charge is -2.27. The Morgan fingerprint density at radius 3 is 2.64 bits per heavy atom. The first-order valence-corrected chi connectivity index (χ1v) is 8.61. The van der Waals surface area contributed by atoms with E-state index in [1.165, 1.54) is 28.8 Å². The molecule has 2 heterocycles. The van der Waals surface area contributed by atoms with Crippen molar-refractivity contribution >= 4 is 39.9 Å². The van der Waals surface area contributed by atoms with E-state index in [1.807, 2.05) is 20.8 Å². The summed E-state index contributed by atoms with van der Waals surface area (Å²) >= 11 is 2.33. The molecule has 1 saturated heterocycles. The molecule has 2 amide bonds. The number of thioether (sulfide) groups is 1. The molecule has 0 spiro atoms. The largest absolute Gasteiger partial charge is 0.350 e. The fraction of sp³-hybridized carbons (Fsp3) is 0.538. The van der Waals surface area contributed by atoms with E-state index in [0.29, 0.717) is 11.6 Å². The minimum atomic E-state index is -0.544. The van der Waals surface area contributed by atoms with Crippen LogP contribution in [0, 0.1) is 10.1 Å². The van der Waals surface area contributed by atoms with Crippen molar-refractivity contribution in [3.63, 3.8) is 0 Å². The molecule has 1 N–H and O–H groups in total. The third-order valence-corrected chi connectivity index (χ3v) is 4.96. The number of carbonyl (C=O) groups excluding carboxylic acids is 2. The zero-order valence-corrected chi connectivity index (χ0v) is 14.1. The zero-order valence-electron chi connectivity index (χ0n) is 12.5. The summed E-state index contributed by atoms with van der Waals surface area (Å²) in [6.07, 6.45) is 0. The summed E-state index contributed by atoms with van der Waals surface area (Å²) in [5.74, 6) is 0.405.